The molecule has 1 aromatic heterocycles. The number of carbonyl (C=O) groups is 2. The third-order valence-electron chi connectivity index (χ3n) is 4.13. The second-order valence-corrected chi connectivity index (χ2v) is 6.99. The molecule has 28 heavy (non-hydrogen) atoms. The topological polar surface area (TPSA) is 119 Å². The Balaban J connectivity index is 1.62. The lowest BCUT2D eigenvalue weighted by atomic mass is 10.1. The molecule has 8 nitrogen and oxygen atoms in total. The zero-order valence-electron chi connectivity index (χ0n) is 14.7. The Morgan fingerprint density at radius 1 is 1.29 bits per heavy atom. The second-order valence-electron chi connectivity index (χ2n) is 5.95. The van der Waals surface area contributed by atoms with E-state index in [1.54, 1.807) is 24.3 Å². The fraction of sp³-hybridized carbons (Fsp3) is 0.105. The molecule has 0 aliphatic carbocycles. The van der Waals surface area contributed by atoms with Crippen LogP contribution < -0.4 is 0 Å². The summed E-state index contributed by atoms with van der Waals surface area (Å²) in [7, 11) is 0. The van der Waals surface area contributed by atoms with Crippen LogP contribution in [0, 0.1) is 5.41 Å². The molecule has 0 atom stereocenters. The van der Waals surface area contributed by atoms with Crippen molar-refractivity contribution < 1.29 is 19.1 Å². The molecular formula is C19H14N4O4S. The largest absolute Gasteiger partial charge is 0.478 e. The lowest BCUT2D eigenvalue weighted by Crippen LogP contribution is -2.35. The maximum absolute atomic E-state index is 12.3. The second kappa shape index (κ2) is 6.93. The summed E-state index contributed by atoms with van der Waals surface area (Å²) in [5.74, 6) is -0.657. The third-order valence-corrected chi connectivity index (χ3v) is 5.18. The van der Waals surface area contributed by atoms with Gasteiger partial charge in [-0.3, -0.25) is 10.2 Å². The Morgan fingerprint density at radius 3 is 2.71 bits per heavy atom. The van der Waals surface area contributed by atoms with E-state index in [1.807, 2.05) is 6.92 Å². The molecule has 0 saturated heterocycles. The van der Waals surface area contributed by atoms with Crippen LogP contribution in [-0.4, -0.2) is 38.0 Å². The molecule has 0 unspecified atom stereocenters. The number of aliphatic imine (C=N–C) groups is 1. The highest BCUT2D eigenvalue weighted by molar-refractivity contribution is 8.26. The van der Waals surface area contributed by atoms with Gasteiger partial charge in [0, 0.05) is 5.56 Å². The van der Waals surface area contributed by atoms with Crippen molar-refractivity contribution in [1.82, 2.24) is 5.01 Å². The number of hydrogen-bond donors (Lipinski definition) is 2. The lowest BCUT2D eigenvalue weighted by Gasteiger charge is -2.19. The van der Waals surface area contributed by atoms with Crippen LogP contribution in [0.3, 0.4) is 0 Å². The van der Waals surface area contributed by atoms with Crippen LogP contribution in [-0.2, 0) is 4.79 Å². The van der Waals surface area contributed by atoms with Gasteiger partial charge in [-0.25, -0.2) is 4.79 Å². The average molecular weight is 394 g/mol. The van der Waals surface area contributed by atoms with Crippen molar-refractivity contribution in [1.29, 1.82) is 5.41 Å². The van der Waals surface area contributed by atoms with Crippen molar-refractivity contribution in [2.24, 2.45) is 10.1 Å². The number of amides is 1. The molecule has 2 aliphatic rings. The van der Waals surface area contributed by atoms with Gasteiger partial charge in [0.15, 0.2) is 5.84 Å². The maximum Gasteiger partial charge on any atom is 0.335 e. The number of thioether (sulfide) groups is 1. The molecule has 0 bridgehead atoms. The molecule has 0 saturated carbocycles. The van der Waals surface area contributed by atoms with Crippen molar-refractivity contribution in [2.45, 2.75) is 13.3 Å². The van der Waals surface area contributed by atoms with Gasteiger partial charge < -0.3 is 9.52 Å². The molecule has 140 valence electrons. The first-order valence-corrected chi connectivity index (χ1v) is 9.20. The monoisotopic (exact) mass is 394 g/mol. The van der Waals surface area contributed by atoms with Gasteiger partial charge in [0.25, 0.3) is 5.91 Å². The van der Waals surface area contributed by atoms with E-state index in [9.17, 15) is 9.59 Å². The standard InChI is InChI=1S/C19H14N4O4S/c1-2-15-22-23-16(20)13(17(24)21-19(23)28-15)9-12-7-8-14(27-12)10-3-5-11(6-4-10)18(25)26/h3-9,20H,2H2,1H3,(H,25,26)/b13-9+,20-16?. The Kier molecular flexibility index (Phi) is 4.44. The Morgan fingerprint density at radius 2 is 2.04 bits per heavy atom. The average Bonchev–Trinajstić information content (AvgIpc) is 3.32. The summed E-state index contributed by atoms with van der Waals surface area (Å²) in [4.78, 5) is 27.3. The molecule has 0 radical (unpaired) electrons. The van der Waals surface area contributed by atoms with E-state index in [0.29, 0.717) is 28.7 Å². The Hall–Kier alpha value is -3.46. The quantitative estimate of drug-likeness (QED) is 0.764. The lowest BCUT2D eigenvalue weighted by molar-refractivity contribution is -0.114. The van der Waals surface area contributed by atoms with Crippen molar-refractivity contribution in [2.75, 3.05) is 0 Å². The van der Waals surface area contributed by atoms with E-state index in [-0.39, 0.29) is 17.0 Å². The van der Waals surface area contributed by atoms with Crippen LogP contribution in [0.25, 0.3) is 17.4 Å². The van der Waals surface area contributed by atoms with Gasteiger partial charge in [-0.05, 0) is 48.5 Å². The number of aromatic carboxylic acids is 1. The highest BCUT2D eigenvalue weighted by atomic mass is 32.2. The molecule has 3 heterocycles. The number of benzene rings is 1. The zero-order chi connectivity index (χ0) is 19.8. The summed E-state index contributed by atoms with van der Waals surface area (Å²) < 4.78 is 5.74. The summed E-state index contributed by atoms with van der Waals surface area (Å²) in [6, 6.07) is 9.66. The van der Waals surface area contributed by atoms with E-state index in [4.69, 9.17) is 14.9 Å². The van der Waals surface area contributed by atoms with Gasteiger partial charge in [-0.15, -0.1) is 0 Å². The van der Waals surface area contributed by atoms with E-state index in [0.717, 1.165) is 5.04 Å². The first-order chi connectivity index (χ1) is 13.5. The maximum atomic E-state index is 12.3. The van der Waals surface area contributed by atoms with E-state index >= 15 is 0 Å². The molecule has 9 heteroatoms. The van der Waals surface area contributed by atoms with Crippen molar-refractivity contribution in [3.05, 3.63) is 53.3 Å². The minimum atomic E-state index is -1.00. The number of nitrogens with zero attached hydrogens (tertiary/aromatic N) is 3. The van der Waals surface area contributed by atoms with Crippen LogP contribution in [0.4, 0.5) is 0 Å². The van der Waals surface area contributed by atoms with Gasteiger partial charge in [-0.1, -0.05) is 19.1 Å². The molecule has 2 aliphatic heterocycles. The Labute approximate surface area is 163 Å². The highest BCUT2D eigenvalue weighted by Crippen LogP contribution is 2.30. The number of hydrogen-bond acceptors (Lipinski definition) is 6. The number of rotatable bonds is 4. The SMILES string of the molecule is CCC1=NN2C(=N)/C(=C\c3ccc(-c4ccc(C(=O)O)cc4)o3)C(=O)N=C2S1. The van der Waals surface area contributed by atoms with Crippen LogP contribution in [0.5, 0.6) is 0 Å². The fourth-order valence-corrected chi connectivity index (χ4v) is 3.50. The number of carbonyl (C=O) groups excluding carboxylic acids is 1. The summed E-state index contributed by atoms with van der Waals surface area (Å²) in [6.45, 7) is 1.94. The predicted octanol–water partition coefficient (Wildman–Crippen LogP) is 3.67. The number of nitrogens with one attached hydrogen (secondary N) is 1. The summed E-state index contributed by atoms with van der Waals surface area (Å²) in [6.07, 6.45) is 2.16. The molecule has 2 N–H and O–H groups in total. The molecule has 0 spiro atoms. The Bertz CT molecular complexity index is 1100. The van der Waals surface area contributed by atoms with Crippen LogP contribution in [0.1, 0.15) is 29.5 Å². The van der Waals surface area contributed by atoms with Gasteiger partial charge in [0.1, 0.15) is 16.6 Å². The van der Waals surface area contributed by atoms with Crippen LogP contribution in [0.2, 0.25) is 0 Å². The van der Waals surface area contributed by atoms with E-state index in [2.05, 4.69) is 10.1 Å². The molecule has 1 aromatic carbocycles. The third kappa shape index (κ3) is 3.16. The van der Waals surface area contributed by atoms with Crippen molar-refractivity contribution in [3.8, 4) is 11.3 Å². The van der Waals surface area contributed by atoms with Crippen LogP contribution >= 0.6 is 11.8 Å². The van der Waals surface area contributed by atoms with Crippen LogP contribution in [0.15, 0.2) is 56.5 Å². The minimum absolute atomic E-state index is 0.0466. The number of hydrazone groups is 1. The van der Waals surface area contributed by atoms with E-state index in [1.165, 1.54) is 35.0 Å². The number of furan rings is 1. The molecule has 4 rings (SSSR count). The normalized spacial score (nSPS) is 17.6. The first kappa shape index (κ1) is 17.9. The van der Waals surface area contributed by atoms with Gasteiger partial charge in [-0.2, -0.15) is 15.1 Å². The first-order valence-electron chi connectivity index (χ1n) is 8.39. The minimum Gasteiger partial charge on any atom is -0.478 e. The van der Waals surface area contributed by atoms with Crippen molar-refractivity contribution >= 4 is 45.8 Å². The molecule has 0 fully saturated rings. The number of fused-ring (bicyclic) bond motifs is 1. The molecule has 2 aromatic rings. The summed E-state index contributed by atoms with van der Waals surface area (Å²) in [5, 5.41) is 24.1. The van der Waals surface area contributed by atoms with Gasteiger partial charge in [0.2, 0.25) is 5.17 Å². The smallest absolute Gasteiger partial charge is 0.335 e. The number of amidine groups is 2. The molecular weight excluding hydrogens is 380 g/mol. The summed E-state index contributed by atoms with van der Waals surface area (Å²) >= 11 is 1.29. The fourth-order valence-electron chi connectivity index (χ4n) is 2.68. The molecule has 1 amide bonds. The zero-order valence-corrected chi connectivity index (χ0v) is 15.5. The predicted molar refractivity (Wildman–Crippen MR) is 106 cm³/mol. The van der Waals surface area contributed by atoms with E-state index < -0.39 is 11.9 Å². The van der Waals surface area contributed by atoms with Crippen molar-refractivity contribution in [3.63, 3.8) is 0 Å². The summed E-state index contributed by atoms with van der Waals surface area (Å²) in [5.41, 5.74) is 0.976. The van der Waals surface area contributed by atoms with Gasteiger partial charge in [0.05, 0.1) is 11.1 Å². The van der Waals surface area contributed by atoms with Gasteiger partial charge >= 0.3 is 5.97 Å². The number of carboxylic acid groups (broad SMARTS) is 1. The highest BCUT2D eigenvalue weighted by Gasteiger charge is 2.35. The number of carboxylic acids is 1.